The Morgan fingerprint density at radius 1 is 0.906 bits per heavy atom. The van der Waals surface area contributed by atoms with Crippen LogP contribution in [0.25, 0.3) is 0 Å². The molecule has 8 heteroatoms. The van der Waals surface area contributed by atoms with Crippen LogP contribution in [0.4, 0.5) is 0 Å². The van der Waals surface area contributed by atoms with Crippen LogP contribution in [0, 0.1) is 0 Å². The largest absolute Gasteiger partial charge is 0.464 e. The van der Waals surface area contributed by atoms with Gasteiger partial charge in [-0.1, -0.05) is 42.5 Å². The number of benzene rings is 1. The number of ether oxygens (including phenoxy) is 4. The highest BCUT2D eigenvalue weighted by Crippen LogP contribution is 2.21. The summed E-state index contributed by atoms with van der Waals surface area (Å²) in [7, 11) is 0. The third-order valence-electron chi connectivity index (χ3n) is 4.51. The van der Waals surface area contributed by atoms with E-state index in [1.165, 1.54) is 19.4 Å². The number of rotatable bonds is 15. The standard InChI is InChI=1S/C24H34O8/c1-4-29-21(25)20(24(28,22(26)30-5-2)23(27)31-6-3)32-18-14-9-7-8-11-15-19-16-12-10-13-17-19/h9-10,12-14,16-17,20,28H,4-8,11,15,18H2,1-3H3. The fourth-order valence-corrected chi connectivity index (χ4v) is 2.93. The van der Waals surface area contributed by atoms with Gasteiger partial charge in [0.15, 0.2) is 0 Å². The third-order valence-corrected chi connectivity index (χ3v) is 4.51. The Hall–Kier alpha value is -2.71. The number of aryl methyl sites for hydroxylation is 1. The van der Waals surface area contributed by atoms with Gasteiger partial charge in [-0.15, -0.1) is 0 Å². The summed E-state index contributed by atoms with van der Waals surface area (Å²) in [6.07, 6.45) is 5.37. The zero-order valence-corrected chi connectivity index (χ0v) is 19.1. The van der Waals surface area contributed by atoms with Crippen molar-refractivity contribution in [1.29, 1.82) is 0 Å². The van der Waals surface area contributed by atoms with Crippen molar-refractivity contribution in [3.05, 3.63) is 48.0 Å². The number of hydrogen-bond acceptors (Lipinski definition) is 8. The Bertz CT molecular complexity index is 711. The molecule has 8 nitrogen and oxygen atoms in total. The lowest BCUT2D eigenvalue weighted by Crippen LogP contribution is -2.61. The van der Waals surface area contributed by atoms with Gasteiger partial charge in [0.2, 0.25) is 6.10 Å². The lowest BCUT2D eigenvalue weighted by molar-refractivity contribution is -0.207. The van der Waals surface area contributed by atoms with E-state index in [-0.39, 0.29) is 26.4 Å². The van der Waals surface area contributed by atoms with Gasteiger partial charge in [0.1, 0.15) is 0 Å². The van der Waals surface area contributed by atoms with Gasteiger partial charge >= 0.3 is 17.9 Å². The summed E-state index contributed by atoms with van der Waals surface area (Å²) in [4.78, 5) is 37.2. The van der Waals surface area contributed by atoms with E-state index in [1.807, 2.05) is 24.3 Å². The van der Waals surface area contributed by atoms with Gasteiger partial charge in [-0.05, 0) is 52.0 Å². The molecule has 0 bridgehead atoms. The molecule has 1 rings (SSSR count). The Labute approximate surface area is 189 Å². The monoisotopic (exact) mass is 450 g/mol. The van der Waals surface area contributed by atoms with Gasteiger partial charge in [-0.25, -0.2) is 14.4 Å². The molecule has 1 aromatic rings. The second-order valence-corrected chi connectivity index (χ2v) is 6.88. The normalized spacial score (nSPS) is 12.4. The number of carbonyl (C=O) groups is 3. The lowest BCUT2D eigenvalue weighted by Gasteiger charge is -2.29. The number of hydrogen-bond donors (Lipinski definition) is 1. The van der Waals surface area contributed by atoms with Crippen molar-refractivity contribution in [2.75, 3.05) is 26.4 Å². The zero-order valence-electron chi connectivity index (χ0n) is 19.1. The molecule has 0 aromatic heterocycles. The van der Waals surface area contributed by atoms with Gasteiger partial charge in [0, 0.05) is 0 Å². The van der Waals surface area contributed by atoms with E-state index < -0.39 is 29.6 Å². The molecule has 1 unspecified atom stereocenters. The van der Waals surface area contributed by atoms with E-state index in [4.69, 9.17) is 18.9 Å². The molecule has 0 heterocycles. The van der Waals surface area contributed by atoms with Gasteiger partial charge in [-0.2, -0.15) is 0 Å². The number of aliphatic hydroxyl groups is 1. The fraction of sp³-hybridized carbons (Fsp3) is 0.542. The molecule has 0 spiro atoms. The molecule has 0 radical (unpaired) electrons. The molecule has 0 saturated carbocycles. The lowest BCUT2D eigenvalue weighted by atomic mass is 9.96. The van der Waals surface area contributed by atoms with Crippen LogP contribution in [-0.2, 0) is 39.8 Å². The second-order valence-electron chi connectivity index (χ2n) is 6.88. The van der Waals surface area contributed by atoms with E-state index in [1.54, 1.807) is 13.0 Å². The maximum Gasteiger partial charge on any atom is 0.353 e. The van der Waals surface area contributed by atoms with Gasteiger partial charge < -0.3 is 24.1 Å². The van der Waals surface area contributed by atoms with Crippen molar-refractivity contribution < 1.29 is 38.4 Å². The first-order valence-electron chi connectivity index (χ1n) is 11.0. The number of unbranched alkanes of at least 4 members (excludes halogenated alkanes) is 2. The van der Waals surface area contributed by atoms with Crippen molar-refractivity contribution >= 4 is 17.9 Å². The van der Waals surface area contributed by atoms with Gasteiger partial charge in [-0.3, -0.25) is 0 Å². The van der Waals surface area contributed by atoms with Crippen LogP contribution in [0.15, 0.2) is 42.5 Å². The summed E-state index contributed by atoms with van der Waals surface area (Å²) in [5.41, 5.74) is -1.68. The average Bonchev–Trinajstić information content (AvgIpc) is 2.78. The minimum absolute atomic E-state index is 0.0301. The quantitative estimate of drug-likeness (QED) is 0.143. The third kappa shape index (κ3) is 8.43. The first-order valence-corrected chi connectivity index (χ1v) is 11.0. The summed E-state index contributed by atoms with van der Waals surface area (Å²) in [5, 5.41) is 10.8. The first kappa shape index (κ1) is 27.3. The average molecular weight is 451 g/mol. The predicted molar refractivity (Wildman–Crippen MR) is 118 cm³/mol. The van der Waals surface area contributed by atoms with Crippen LogP contribution >= 0.6 is 0 Å². The molecule has 1 aromatic carbocycles. The fourth-order valence-electron chi connectivity index (χ4n) is 2.93. The Morgan fingerprint density at radius 2 is 1.50 bits per heavy atom. The molecule has 0 saturated heterocycles. The Balaban J connectivity index is 2.72. The molecule has 32 heavy (non-hydrogen) atoms. The zero-order chi connectivity index (χ0) is 23.8. The van der Waals surface area contributed by atoms with Crippen molar-refractivity contribution in [1.82, 2.24) is 0 Å². The Kier molecular flexibility index (Phi) is 12.9. The highest BCUT2D eigenvalue weighted by atomic mass is 16.6. The molecule has 178 valence electrons. The topological polar surface area (TPSA) is 108 Å². The van der Waals surface area contributed by atoms with Crippen LogP contribution in [0.2, 0.25) is 0 Å². The first-order chi connectivity index (χ1) is 15.4. The van der Waals surface area contributed by atoms with E-state index in [9.17, 15) is 19.5 Å². The van der Waals surface area contributed by atoms with E-state index in [0.717, 1.165) is 25.7 Å². The SMILES string of the molecule is CCOC(=O)C(OCC=CCCCCc1ccccc1)C(O)(C(=O)OCC)C(=O)OCC. The summed E-state index contributed by atoms with van der Waals surface area (Å²) in [6.45, 7) is 4.19. The summed E-state index contributed by atoms with van der Waals surface area (Å²) in [5.74, 6) is -3.73. The smallest absolute Gasteiger partial charge is 0.353 e. The molecule has 1 atom stereocenters. The summed E-state index contributed by atoms with van der Waals surface area (Å²) < 4.78 is 19.9. The van der Waals surface area contributed by atoms with Crippen molar-refractivity contribution in [2.24, 2.45) is 0 Å². The molecule has 0 fully saturated rings. The van der Waals surface area contributed by atoms with E-state index >= 15 is 0 Å². The Morgan fingerprint density at radius 3 is 2.06 bits per heavy atom. The molecular formula is C24H34O8. The number of allylic oxidation sites excluding steroid dienone is 1. The van der Waals surface area contributed by atoms with Crippen LogP contribution in [0.5, 0.6) is 0 Å². The highest BCUT2D eigenvalue weighted by molar-refractivity contribution is 6.08. The van der Waals surface area contributed by atoms with E-state index in [0.29, 0.717) is 0 Å². The molecule has 1 N–H and O–H groups in total. The second kappa shape index (κ2) is 15.2. The van der Waals surface area contributed by atoms with Crippen molar-refractivity contribution in [3.63, 3.8) is 0 Å². The van der Waals surface area contributed by atoms with E-state index in [2.05, 4.69) is 12.1 Å². The summed E-state index contributed by atoms with van der Waals surface area (Å²) in [6, 6.07) is 10.2. The molecule has 0 aliphatic rings. The maximum absolute atomic E-state index is 12.4. The van der Waals surface area contributed by atoms with Crippen LogP contribution < -0.4 is 0 Å². The van der Waals surface area contributed by atoms with Crippen LogP contribution in [0.1, 0.15) is 45.6 Å². The predicted octanol–water partition coefficient (Wildman–Crippen LogP) is 2.76. The molecule has 0 aliphatic carbocycles. The van der Waals surface area contributed by atoms with Gasteiger partial charge in [0.25, 0.3) is 5.60 Å². The van der Waals surface area contributed by atoms with Gasteiger partial charge in [0.05, 0.1) is 26.4 Å². The molecule has 0 amide bonds. The number of esters is 3. The summed E-state index contributed by atoms with van der Waals surface area (Å²) >= 11 is 0. The minimum atomic E-state index is -2.97. The molecular weight excluding hydrogens is 416 g/mol. The van der Waals surface area contributed by atoms with Crippen molar-refractivity contribution in [3.8, 4) is 0 Å². The molecule has 0 aliphatic heterocycles. The number of carbonyl (C=O) groups excluding carboxylic acids is 3. The maximum atomic E-state index is 12.4. The van der Waals surface area contributed by atoms with Crippen molar-refractivity contribution in [2.45, 2.75) is 58.2 Å². The minimum Gasteiger partial charge on any atom is -0.464 e. The van der Waals surface area contributed by atoms with Crippen LogP contribution in [0.3, 0.4) is 0 Å². The van der Waals surface area contributed by atoms with Crippen LogP contribution in [-0.4, -0.2) is 61.1 Å². The highest BCUT2D eigenvalue weighted by Gasteiger charge is 2.58.